The molecule has 5 heteroatoms. The van der Waals surface area contributed by atoms with Gasteiger partial charge in [-0.15, -0.1) is 0 Å². The molecule has 1 aliphatic rings. The van der Waals surface area contributed by atoms with E-state index in [1.54, 1.807) is 7.11 Å². The molecular formula is C12H21N3O2. The molecule has 1 saturated heterocycles. The molecule has 17 heavy (non-hydrogen) atoms. The summed E-state index contributed by atoms with van der Waals surface area (Å²) in [4.78, 5) is 4.48. The van der Waals surface area contributed by atoms with Crippen molar-refractivity contribution in [3.8, 4) is 0 Å². The first-order chi connectivity index (χ1) is 8.11. The van der Waals surface area contributed by atoms with E-state index in [0.29, 0.717) is 18.2 Å². The van der Waals surface area contributed by atoms with Crippen LogP contribution in [-0.2, 0) is 11.2 Å². The van der Waals surface area contributed by atoms with Crippen molar-refractivity contribution < 1.29 is 9.26 Å². The predicted molar refractivity (Wildman–Crippen MR) is 63.9 cm³/mol. The number of ether oxygens (including phenoxy) is 1. The number of aromatic nitrogens is 2. The van der Waals surface area contributed by atoms with E-state index < -0.39 is 0 Å². The highest BCUT2D eigenvalue weighted by atomic mass is 16.5. The lowest BCUT2D eigenvalue weighted by Gasteiger charge is -2.20. The van der Waals surface area contributed by atoms with E-state index in [4.69, 9.17) is 9.26 Å². The first kappa shape index (κ1) is 12.5. The normalized spacial score (nSPS) is 18.5. The summed E-state index contributed by atoms with van der Waals surface area (Å²) in [7, 11) is 1.70. The summed E-state index contributed by atoms with van der Waals surface area (Å²) in [6, 6.07) is 0. The maximum atomic E-state index is 5.36. The third kappa shape index (κ3) is 3.26. The number of methoxy groups -OCH3 is 1. The van der Waals surface area contributed by atoms with Crippen LogP contribution in [0.1, 0.15) is 44.3 Å². The molecule has 0 spiro atoms. The van der Waals surface area contributed by atoms with Crippen LogP contribution in [-0.4, -0.2) is 35.9 Å². The van der Waals surface area contributed by atoms with Gasteiger partial charge in [-0.3, -0.25) is 0 Å². The lowest BCUT2D eigenvalue weighted by molar-refractivity contribution is 0.0170. The summed E-state index contributed by atoms with van der Waals surface area (Å²) in [6.07, 6.45) is 2.83. The summed E-state index contributed by atoms with van der Waals surface area (Å²) >= 11 is 0. The van der Waals surface area contributed by atoms with Gasteiger partial charge in [-0.2, -0.15) is 4.98 Å². The third-order valence-corrected chi connectivity index (χ3v) is 3.32. The number of nitrogens with zero attached hydrogens (tertiary/aromatic N) is 2. The third-order valence-electron chi connectivity index (χ3n) is 3.32. The minimum absolute atomic E-state index is 0.252. The molecule has 2 heterocycles. The van der Waals surface area contributed by atoms with Crippen LogP contribution in [0.2, 0.25) is 0 Å². The summed E-state index contributed by atoms with van der Waals surface area (Å²) in [5.74, 6) is 1.97. The quantitative estimate of drug-likeness (QED) is 0.863. The Bertz CT molecular complexity index is 356. The van der Waals surface area contributed by atoms with Crippen LogP contribution in [0, 0.1) is 0 Å². The molecule has 0 bridgehead atoms. The summed E-state index contributed by atoms with van der Waals surface area (Å²) < 4.78 is 10.7. The zero-order chi connectivity index (χ0) is 12.3. The molecule has 0 aromatic carbocycles. The highest BCUT2D eigenvalue weighted by molar-refractivity contribution is 4.99. The molecule has 1 N–H and O–H groups in total. The van der Waals surface area contributed by atoms with Crippen molar-refractivity contribution in [3.63, 3.8) is 0 Å². The van der Waals surface area contributed by atoms with E-state index in [1.165, 1.54) is 0 Å². The van der Waals surface area contributed by atoms with Crippen LogP contribution in [0.5, 0.6) is 0 Å². The molecule has 1 aromatic heterocycles. The highest BCUT2D eigenvalue weighted by Gasteiger charge is 2.24. The Balaban J connectivity index is 2.00. The topological polar surface area (TPSA) is 60.2 Å². The van der Waals surface area contributed by atoms with Crippen molar-refractivity contribution in [2.24, 2.45) is 0 Å². The van der Waals surface area contributed by atoms with Crippen LogP contribution in [0.25, 0.3) is 0 Å². The van der Waals surface area contributed by atoms with Gasteiger partial charge in [0.05, 0.1) is 12.0 Å². The SMILES string of the molecule is COC(C)(C)Cc1nc(C2CCNCC2)no1. The minimum Gasteiger partial charge on any atom is -0.378 e. The maximum absolute atomic E-state index is 5.36. The molecular weight excluding hydrogens is 218 g/mol. The second-order valence-electron chi connectivity index (χ2n) is 5.21. The Labute approximate surface area is 102 Å². The van der Waals surface area contributed by atoms with Gasteiger partial charge in [0.25, 0.3) is 0 Å². The van der Waals surface area contributed by atoms with E-state index in [2.05, 4.69) is 15.5 Å². The number of hydrogen-bond acceptors (Lipinski definition) is 5. The Morgan fingerprint density at radius 1 is 1.41 bits per heavy atom. The Hall–Kier alpha value is -0.940. The molecule has 0 aliphatic carbocycles. The smallest absolute Gasteiger partial charge is 0.229 e. The van der Waals surface area contributed by atoms with Gasteiger partial charge < -0.3 is 14.6 Å². The fourth-order valence-electron chi connectivity index (χ4n) is 2.02. The monoisotopic (exact) mass is 239 g/mol. The zero-order valence-electron chi connectivity index (χ0n) is 10.8. The summed E-state index contributed by atoms with van der Waals surface area (Å²) in [5, 5.41) is 7.42. The van der Waals surface area contributed by atoms with E-state index in [0.717, 1.165) is 31.8 Å². The van der Waals surface area contributed by atoms with Crippen molar-refractivity contribution in [1.82, 2.24) is 15.5 Å². The van der Waals surface area contributed by atoms with Crippen LogP contribution in [0.4, 0.5) is 0 Å². The fraction of sp³-hybridized carbons (Fsp3) is 0.833. The second kappa shape index (κ2) is 5.14. The van der Waals surface area contributed by atoms with Crippen molar-refractivity contribution >= 4 is 0 Å². The van der Waals surface area contributed by atoms with Gasteiger partial charge in [0.15, 0.2) is 5.82 Å². The molecule has 0 amide bonds. The number of rotatable bonds is 4. The molecule has 5 nitrogen and oxygen atoms in total. The van der Waals surface area contributed by atoms with Crippen LogP contribution < -0.4 is 5.32 Å². The number of hydrogen-bond donors (Lipinski definition) is 1. The van der Waals surface area contributed by atoms with Crippen LogP contribution >= 0.6 is 0 Å². The van der Waals surface area contributed by atoms with Crippen molar-refractivity contribution in [2.75, 3.05) is 20.2 Å². The van der Waals surface area contributed by atoms with E-state index in [-0.39, 0.29) is 5.60 Å². The minimum atomic E-state index is -0.252. The molecule has 1 fully saturated rings. The van der Waals surface area contributed by atoms with E-state index >= 15 is 0 Å². The lowest BCUT2D eigenvalue weighted by Crippen LogP contribution is -2.27. The molecule has 1 aliphatic heterocycles. The first-order valence-electron chi connectivity index (χ1n) is 6.19. The molecule has 0 radical (unpaired) electrons. The molecule has 96 valence electrons. The van der Waals surface area contributed by atoms with Gasteiger partial charge in [-0.25, -0.2) is 0 Å². The van der Waals surface area contributed by atoms with Gasteiger partial charge in [0, 0.05) is 13.0 Å². The molecule has 1 aromatic rings. The van der Waals surface area contributed by atoms with Gasteiger partial charge in [-0.05, 0) is 39.8 Å². The molecule has 0 atom stereocenters. The Morgan fingerprint density at radius 3 is 2.76 bits per heavy atom. The van der Waals surface area contributed by atoms with Crippen molar-refractivity contribution in [2.45, 2.75) is 44.6 Å². The number of nitrogens with one attached hydrogen (secondary N) is 1. The Kier molecular flexibility index (Phi) is 3.79. The summed E-state index contributed by atoms with van der Waals surface area (Å²) in [6.45, 7) is 6.11. The largest absolute Gasteiger partial charge is 0.378 e. The first-order valence-corrected chi connectivity index (χ1v) is 6.19. The van der Waals surface area contributed by atoms with Gasteiger partial charge in [-0.1, -0.05) is 5.16 Å². The van der Waals surface area contributed by atoms with E-state index in [1.807, 2.05) is 13.8 Å². The Morgan fingerprint density at radius 2 is 2.12 bits per heavy atom. The van der Waals surface area contributed by atoms with Crippen LogP contribution in [0.15, 0.2) is 4.52 Å². The highest BCUT2D eigenvalue weighted by Crippen LogP contribution is 2.23. The standard InChI is InChI=1S/C12H21N3O2/c1-12(2,16-3)8-10-14-11(15-17-10)9-4-6-13-7-5-9/h9,13H,4-8H2,1-3H3. The van der Waals surface area contributed by atoms with Crippen molar-refractivity contribution in [1.29, 1.82) is 0 Å². The molecule has 2 rings (SSSR count). The van der Waals surface area contributed by atoms with Gasteiger partial charge in [0.2, 0.25) is 5.89 Å². The van der Waals surface area contributed by atoms with E-state index in [9.17, 15) is 0 Å². The predicted octanol–water partition coefficient (Wildman–Crippen LogP) is 1.50. The molecule has 0 saturated carbocycles. The number of piperidine rings is 1. The lowest BCUT2D eigenvalue weighted by atomic mass is 9.97. The average Bonchev–Trinajstić information content (AvgIpc) is 2.78. The van der Waals surface area contributed by atoms with Gasteiger partial charge in [0.1, 0.15) is 0 Å². The fourth-order valence-corrected chi connectivity index (χ4v) is 2.02. The second-order valence-corrected chi connectivity index (χ2v) is 5.21. The molecule has 0 unspecified atom stereocenters. The maximum Gasteiger partial charge on any atom is 0.229 e. The van der Waals surface area contributed by atoms with Gasteiger partial charge >= 0.3 is 0 Å². The zero-order valence-corrected chi connectivity index (χ0v) is 10.8. The van der Waals surface area contributed by atoms with Crippen molar-refractivity contribution in [3.05, 3.63) is 11.7 Å². The summed E-state index contributed by atoms with van der Waals surface area (Å²) in [5.41, 5.74) is -0.252. The average molecular weight is 239 g/mol. The van der Waals surface area contributed by atoms with Crippen LogP contribution in [0.3, 0.4) is 0 Å².